The molecule has 0 spiro atoms. The number of carbonyl (C=O) groups excluding carboxylic acids is 1. The van der Waals surface area contributed by atoms with E-state index < -0.39 is 11.4 Å². The molecular weight excluding hydrogens is 395 g/mol. The first kappa shape index (κ1) is 21.3. The number of ether oxygens (including phenoxy) is 1. The Balaban J connectivity index is 1.67. The summed E-state index contributed by atoms with van der Waals surface area (Å²) in [4.78, 5) is 14.8. The van der Waals surface area contributed by atoms with Crippen molar-refractivity contribution in [2.75, 3.05) is 25.0 Å². The van der Waals surface area contributed by atoms with Crippen LogP contribution in [0.1, 0.15) is 37.5 Å². The van der Waals surface area contributed by atoms with Gasteiger partial charge >= 0.3 is 0 Å². The Hall–Kier alpha value is -2.96. The van der Waals surface area contributed by atoms with Crippen LogP contribution in [0, 0.1) is 5.82 Å². The predicted molar refractivity (Wildman–Crippen MR) is 120 cm³/mol. The van der Waals surface area contributed by atoms with Crippen molar-refractivity contribution in [2.45, 2.75) is 32.9 Å². The Morgan fingerprint density at radius 3 is 2.58 bits per heavy atom. The zero-order valence-corrected chi connectivity index (χ0v) is 18.0. The number of halogens is 1. The number of nitrogens with one attached hydrogen (secondary N) is 1. The number of amides is 1. The van der Waals surface area contributed by atoms with Gasteiger partial charge in [-0.05, 0) is 55.8 Å². The summed E-state index contributed by atoms with van der Waals surface area (Å²) < 4.78 is 20.0. The molecule has 0 aromatic heterocycles. The molecule has 2 aromatic carbocycles. The van der Waals surface area contributed by atoms with Gasteiger partial charge in [0.2, 0.25) is 0 Å². The summed E-state index contributed by atoms with van der Waals surface area (Å²) in [5, 5.41) is 12.0. The molecule has 0 saturated heterocycles. The first-order chi connectivity index (χ1) is 14.8. The van der Waals surface area contributed by atoms with E-state index in [0.717, 1.165) is 29.8 Å². The molecule has 2 aliphatic heterocycles. The number of aliphatic hydroxyl groups is 1. The highest BCUT2D eigenvalue weighted by atomic mass is 19.1. The third-order valence-corrected chi connectivity index (χ3v) is 5.80. The molecule has 2 N–H and O–H groups in total. The van der Waals surface area contributed by atoms with Gasteiger partial charge in [0.15, 0.2) is 0 Å². The van der Waals surface area contributed by atoms with Crippen molar-refractivity contribution in [2.24, 2.45) is 0 Å². The van der Waals surface area contributed by atoms with Gasteiger partial charge in [-0.25, -0.2) is 4.39 Å². The average Bonchev–Trinajstić information content (AvgIpc) is 3.22. The molecule has 0 radical (unpaired) electrons. The molecule has 4 rings (SSSR count). The van der Waals surface area contributed by atoms with E-state index in [9.17, 15) is 14.3 Å². The SMILES string of the molecule is CCN(CCO)Cc1ccc(C2=CC(=C3C(=O)Nc4ccc(F)cc43)OC2(C)C)cc1. The van der Waals surface area contributed by atoms with E-state index in [1.54, 1.807) is 6.07 Å². The van der Waals surface area contributed by atoms with Crippen molar-refractivity contribution in [3.63, 3.8) is 0 Å². The van der Waals surface area contributed by atoms with E-state index in [0.29, 0.717) is 29.1 Å². The van der Waals surface area contributed by atoms with Crippen LogP contribution in [0.5, 0.6) is 0 Å². The van der Waals surface area contributed by atoms with Gasteiger partial charge in [0, 0.05) is 29.9 Å². The topological polar surface area (TPSA) is 61.8 Å². The van der Waals surface area contributed by atoms with E-state index in [-0.39, 0.29) is 12.5 Å². The number of benzene rings is 2. The number of hydrogen-bond acceptors (Lipinski definition) is 4. The van der Waals surface area contributed by atoms with Gasteiger partial charge in [0.05, 0.1) is 12.2 Å². The maximum atomic E-state index is 13.8. The van der Waals surface area contributed by atoms with E-state index in [4.69, 9.17) is 4.74 Å². The molecule has 6 heteroatoms. The van der Waals surface area contributed by atoms with E-state index in [1.165, 1.54) is 12.1 Å². The molecule has 0 saturated carbocycles. The zero-order valence-electron chi connectivity index (χ0n) is 18.0. The van der Waals surface area contributed by atoms with E-state index in [2.05, 4.69) is 41.4 Å². The molecular formula is C25H27FN2O3. The second-order valence-corrected chi connectivity index (χ2v) is 8.34. The monoisotopic (exact) mass is 422 g/mol. The van der Waals surface area contributed by atoms with Gasteiger partial charge in [-0.3, -0.25) is 9.69 Å². The van der Waals surface area contributed by atoms with Crippen LogP contribution in [0.3, 0.4) is 0 Å². The van der Waals surface area contributed by atoms with Gasteiger partial charge in [-0.15, -0.1) is 0 Å². The largest absolute Gasteiger partial charge is 0.482 e. The van der Waals surface area contributed by atoms with E-state index in [1.807, 2.05) is 19.9 Å². The first-order valence-corrected chi connectivity index (χ1v) is 10.5. The maximum Gasteiger partial charge on any atom is 0.260 e. The second kappa shape index (κ2) is 8.29. The Kier molecular flexibility index (Phi) is 5.69. The lowest BCUT2D eigenvalue weighted by Crippen LogP contribution is -2.26. The standard InChI is InChI=1S/C25H27FN2O3/c1-4-28(11-12-29)15-16-5-7-17(8-6-16)20-14-22(31-25(20,2)3)23-19-13-18(26)9-10-21(19)27-24(23)30/h5-10,13-14,29H,4,11-12,15H2,1-3H3,(H,27,30). The van der Waals surface area contributed by atoms with Gasteiger partial charge in [0.1, 0.15) is 17.2 Å². The predicted octanol–water partition coefficient (Wildman–Crippen LogP) is 4.20. The van der Waals surface area contributed by atoms with Gasteiger partial charge in [0.25, 0.3) is 5.91 Å². The summed E-state index contributed by atoms with van der Waals surface area (Å²) >= 11 is 0. The Morgan fingerprint density at radius 2 is 1.90 bits per heavy atom. The number of nitrogens with zero attached hydrogens (tertiary/aromatic N) is 1. The molecule has 0 atom stereocenters. The summed E-state index contributed by atoms with van der Waals surface area (Å²) in [6.45, 7) is 8.42. The molecule has 31 heavy (non-hydrogen) atoms. The van der Waals surface area contributed by atoms with Gasteiger partial charge in [-0.2, -0.15) is 0 Å². The molecule has 162 valence electrons. The van der Waals surface area contributed by atoms with Crippen LogP contribution in [0.2, 0.25) is 0 Å². The van der Waals surface area contributed by atoms with Crippen molar-refractivity contribution in [3.8, 4) is 0 Å². The van der Waals surface area contributed by atoms with Crippen molar-refractivity contribution in [1.29, 1.82) is 0 Å². The summed E-state index contributed by atoms with van der Waals surface area (Å²) in [5.41, 5.74) is 3.96. The number of rotatable bonds is 6. The van der Waals surface area contributed by atoms with Crippen LogP contribution < -0.4 is 5.32 Å². The molecule has 5 nitrogen and oxygen atoms in total. The third-order valence-electron chi connectivity index (χ3n) is 5.80. The Morgan fingerprint density at radius 1 is 1.16 bits per heavy atom. The Labute approximate surface area is 181 Å². The number of anilines is 1. The zero-order chi connectivity index (χ0) is 22.2. The van der Waals surface area contributed by atoms with Gasteiger partial charge in [-0.1, -0.05) is 31.2 Å². The molecule has 0 bridgehead atoms. The van der Waals surface area contributed by atoms with Crippen LogP contribution in [-0.4, -0.2) is 41.2 Å². The van der Waals surface area contributed by atoms with Crippen LogP contribution in [0.4, 0.5) is 10.1 Å². The number of carbonyl (C=O) groups is 1. The number of hydrogen-bond donors (Lipinski definition) is 2. The minimum Gasteiger partial charge on any atom is -0.482 e. The summed E-state index contributed by atoms with van der Waals surface area (Å²) in [6, 6.07) is 12.5. The summed E-state index contributed by atoms with van der Waals surface area (Å²) in [7, 11) is 0. The van der Waals surface area contributed by atoms with Crippen LogP contribution in [-0.2, 0) is 16.1 Å². The lowest BCUT2D eigenvalue weighted by molar-refractivity contribution is -0.111. The van der Waals surface area contributed by atoms with Crippen LogP contribution in [0.15, 0.2) is 54.3 Å². The van der Waals surface area contributed by atoms with E-state index >= 15 is 0 Å². The third kappa shape index (κ3) is 4.13. The number of aliphatic hydroxyl groups excluding tert-OH is 1. The normalized spacial score (nSPS) is 19.3. The lowest BCUT2D eigenvalue weighted by atomic mass is 9.91. The average molecular weight is 423 g/mol. The molecule has 2 heterocycles. The van der Waals surface area contributed by atoms with Crippen molar-refractivity contribution in [1.82, 2.24) is 4.90 Å². The molecule has 0 aliphatic carbocycles. The van der Waals surface area contributed by atoms with Crippen molar-refractivity contribution in [3.05, 3.63) is 76.8 Å². The van der Waals surface area contributed by atoms with Crippen LogP contribution >= 0.6 is 0 Å². The summed E-state index contributed by atoms with van der Waals surface area (Å²) in [5.74, 6) is -0.235. The smallest absolute Gasteiger partial charge is 0.260 e. The lowest BCUT2D eigenvalue weighted by Gasteiger charge is -2.24. The number of likely N-dealkylation sites (N-methyl/N-ethyl adjacent to an activating group) is 1. The molecule has 0 fully saturated rings. The number of fused-ring (bicyclic) bond motifs is 1. The minimum absolute atomic E-state index is 0.141. The summed E-state index contributed by atoms with van der Waals surface area (Å²) in [6.07, 6.45) is 1.88. The van der Waals surface area contributed by atoms with Crippen LogP contribution in [0.25, 0.3) is 11.1 Å². The molecule has 2 aromatic rings. The Bertz CT molecular complexity index is 1070. The first-order valence-electron chi connectivity index (χ1n) is 10.5. The highest BCUT2D eigenvalue weighted by molar-refractivity contribution is 6.32. The molecule has 0 unspecified atom stereocenters. The highest BCUT2D eigenvalue weighted by Gasteiger charge is 2.38. The fourth-order valence-corrected chi connectivity index (χ4v) is 4.14. The fraction of sp³-hybridized carbons (Fsp3) is 0.320. The maximum absolute atomic E-state index is 13.8. The molecule has 2 aliphatic rings. The molecule has 1 amide bonds. The quantitative estimate of drug-likeness (QED) is 0.685. The highest BCUT2D eigenvalue weighted by Crippen LogP contribution is 2.44. The van der Waals surface area contributed by atoms with Gasteiger partial charge < -0.3 is 15.2 Å². The number of allylic oxidation sites excluding steroid dienone is 1. The second-order valence-electron chi connectivity index (χ2n) is 8.34. The van der Waals surface area contributed by atoms with Crippen molar-refractivity contribution >= 4 is 22.7 Å². The fourth-order valence-electron chi connectivity index (χ4n) is 4.14. The minimum atomic E-state index is -0.632. The van der Waals surface area contributed by atoms with Crippen molar-refractivity contribution < 1.29 is 19.0 Å².